The molecule has 1 aliphatic rings. The number of aromatic nitrogens is 2. The van der Waals surface area contributed by atoms with Crippen molar-refractivity contribution >= 4 is 11.7 Å². The first kappa shape index (κ1) is 18.4. The van der Waals surface area contributed by atoms with Crippen molar-refractivity contribution in [1.29, 1.82) is 0 Å². The fraction of sp³-hybridized carbons (Fsp3) is 0.476. The van der Waals surface area contributed by atoms with Crippen LogP contribution >= 0.6 is 0 Å². The van der Waals surface area contributed by atoms with Gasteiger partial charge in [-0.05, 0) is 25.3 Å². The summed E-state index contributed by atoms with van der Waals surface area (Å²) in [5.41, 5.74) is 1.51. The summed E-state index contributed by atoms with van der Waals surface area (Å²) in [7, 11) is 0. The topological polar surface area (TPSA) is 58.1 Å². The molecule has 0 atom stereocenters. The Bertz CT molecular complexity index is 679. The highest BCUT2D eigenvalue weighted by molar-refractivity contribution is 5.92. The van der Waals surface area contributed by atoms with Crippen LogP contribution in [0.15, 0.2) is 42.7 Å². The van der Waals surface area contributed by atoms with E-state index in [1.807, 2.05) is 37.3 Å². The monoisotopic (exact) mass is 352 g/mol. The third-order valence-corrected chi connectivity index (χ3v) is 4.96. The van der Waals surface area contributed by atoms with Crippen molar-refractivity contribution in [2.24, 2.45) is 0 Å². The molecule has 138 valence electrons. The third-order valence-electron chi connectivity index (χ3n) is 4.96. The van der Waals surface area contributed by atoms with E-state index in [1.165, 1.54) is 38.5 Å². The highest BCUT2D eigenvalue weighted by atomic mass is 16.2. The van der Waals surface area contributed by atoms with Crippen molar-refractivity contribution in [3.8, 4) is 0 Å². The first-order valence-corrected chi connectivity index (χ1v) is 9.68. The van der Waals surface area contributed by atoms with Crippen LogP contribution in [0.2, 0.25) is 0 Å². The predicted octanol–water partition coefficient (Wildman–Crippen LogP) is 4.27. The minimum absolute atomic E-state index is 0.0788. The van der Waals surface area contributed by atoms with E-state index in [4.69, 9.17) is 0 Å². The molecule has 1 amide bonds. The number of carbonyl (C=O) groups excluding carboxylic acids is 1. The van der Waals surface area contributed by atoms with Gasteiger partial charge in [-0.2, -0.15) is 0 Å². The second-order valence-electron chi connectivity index (χ2n) is 6.92. The summed E-state index contributed by atoms with van der Waals surface area (Å²) < 4.78 is 0. The molecule has 0 radical (unpaired) electrons. The Balaban J connectivity index is 1.61. The quantitative estimate of drug-likeness (QED) is 0.789. The minimum atomic E-state index is -0.0788. The Morgan fingerprint density at radius 3 is 2.42 bits per heavy atom. The van der Waals surface area contributed by atoms with Gasteiger partial charge < -0.3 is 10.2 Å². The number of benzene rings is 1. The third kappa shape index (κ3) is 5.04. The van der Waals surface area contributed by atoms with E-state index in [1.54, 1.807) is 17.3 Å². The van der Waals surface area contributed by atoms with Crippen molar-refractivity contribution in [3.63, 3.8) is 0 Å². The lowest BCUT2D eigenvalue weighted by atomic mass is 10.1. The summed E-state index contributed by atoms with van der Waals surface area (Å²) >= 11 is 0. The van der Waals surface area contributed by atoms with Crippen molar-refractivity contribution in [2.45, 2.75) is 58.0 Å². The molecular formula is C21H28N4O. The Hall–Kier alpha value is -2.43. The summed E-state index contributed by atoms with van der Waals surface area (Å²) in [6.07, 6.45) is 10.8. The summed E-state index contributed by atoms with van der Waals surface area (Å²) in [4.78, 5) is 23.3. The highest BCUT2D eigenvalue weighted by Gasteiger charge is 2.17. The number of amides is 1. The molecule has 1 aliphatic carbocycles. The number of hydrogen-bond donors (Lipinski definition) is 1. The molecule has 2 aromatic rings. The molecular weight excluding hydrogens is 324 g/mol. The van der Waals surface area contributed by atoms with E-state index in [9.17, 15) is 4.79 Å². The van der Waals surface area contributed by atoms with Crippen molar-refractivity contribution in [1.82, 2.24) is 14.9 Å². The highest BCUT2D eigenvalue weighted by Crippen LogP contribution is 2.20. The van der Waals surface area contributed by atoms with Crippen molar-refractivity contribution in [2.75, 3.05) is 11.9 Å². The van der Waals surface area contributed by atoms with E-state index < -0.39 is 0 Å². The van der Waals surface area contributed by atoms with Gasteiger partial charge in [0.1, 0.15) is 11.5 Å². The Morgan fingerprint density at radius 1 is 1.08 bits per heavy atom. The summed E-state index contributed by atoms with van der Waals surface area (Å²) in [5, 5.41) is 3.47. The van der Waals surface area contributed by atoms with Gasteiger partial charge in [-0.15, -0.1) is 0 Å². The fourth-order valence-corrected chi connectivity index (χ4v) is 3.44. The van der Waals surface area contributed by atoms with Gasteiger partial charge in [0.2, 0.25) is 0 Å². The molecule has 1 aromatic heterocycles. The molecule has 1 heterocycles. The number of carbonyl (C=O) groups is 1. The first-order valence-electron chi connectivity index (χ1n) is 9.68. The number of rotatable bonds is 6. The van der Waals surface area contributed by atoms with Crippen LogP contribution in [0.4, 0.5) is 5.82 Å². The lowest BCUT2D eigenvalue weighted by molar-refractivity contribution is 0.0746. The SMILES string of the molecule is CCN(Cc1ccccc1)C(=O)c1cnc(NC2CCCCCC2)cn1. The average Bonchev–Trinajstić information content (AvgIpc) is 2.96. The number of nitrogens with zero attached hydrogens (tertiary/aromatic N) is 3. The van der Waals surface area contributed by atoms with Crippen LogP contribution in [0.1, 0.15) is 61.5 Å². The Labute approximate surface area is 155 Å². The number of hydrogen-bond acceptors (Lipinski definition) is 4. The average molecular weight is 352 g/mol. The first-order chi connectivity index (χ1) is 12.8. The van der Waals surface area contributed by atoms with Gasteiger partial charge in [0.05, 0.1) is 12.4 Å². The molecule has 5 nitrogen and oxygen atoms in total. The molecule has 5 heteroatoms. The summed E-state index contributed by atoms with van der Waals surface area (Å²) in [5.74, 6) is 0.685. The minimum Gasteiger partial charge on any atom is -0.366 e. The van der Waals surface area contributed by atoms with Gasteiger partial charge in [0.15, 0.2) is 0 Å². The maximum absolute atomic E-state index is 12.7. The molecule has 26 heavy (non-hydrogen) atoms. The molecule has 0 bridgehead atoms. The van der Waals surface area contributed by atoms with E-state index in [2.05, 4.69) is 15.3 Å². The predicted molar refractivity (Wildman–Crippen MR) is 104 cm³/mol. The maximum atomic E-state index is 12.7. The second kappa shape index (κ2) is 9.32. The van der Waals surface area contributed by atoms with E-state index in [-0.39, 0.29) is 5.91 Å². The Kier molecular flexibility index (Phi) is 6.58. The van der Waals surface area contributed by atoms with Gasteiger partial charge in [0, 0.05) is 19.1 Å². The lowest BCUT2D eigenvalue weighted by Crippen LogP contribution is -2.31. The van der Waals surface area contributed by atoms with Crippen LogP contribution < -0.4 is 5.32 Å². The smallest absolute Gasteiger partial charge is 0.274 e. The molecule has 0 aliphatic heterocycles. The van der Waals surface area contributed by atoms with E-state index in [0.29, 0.717) is 24.8 Å². The summed E-state index contributed by atoms with van der Waals surface area (Å²) in [6, 6.07) is 10.5. The van der Waals surface area contributed by atoms with Crippen LogP contribution in [0, 0.1) is 0 Å². The molecule has 1 N–H and O–H groups in total. The lowest BCUT2D eigenvalue weighted by Gasteiger charge is -2.21. The molecule has 0 unspecified atom stereocenters. The zero-order chi connectivity index (χ0) is 18.2. The standard InChI is InChI=1S/C21H28N4O/c1-2-25(16-17-10-6-5-7-11-17)21(26)19-14-23-20(15-22-19)24-18-12-8-3-4-9-13-18/h5-7,10-11,14-15,18H,2-4,8-9,12-13,16H2,1H3,(H,23,24). The number of nitrogens with one attached hydrogen (secondary N) is 1. The molecule has 3 rings (SSSR count). The molecule has 1 aromatic carbocycles. The normalized spacial score (nSPS) is 15.3. The van der Waals surface area contributed by atoms with E-state index in [0.717, 1.165) is 11.4 Å². The van der Waals surface area contributed by atoms with Crippen molar-refractivity contribution in [3.05, 3.63) is 54.0 Å². The number of anilines is 1. The fourth-order valence-electron chi connectivity index (χ4n) is 3.44. The van der Waals surface area contributed by atoms with Crippen LogP contribution in [-0.4, -0.2) is 33.4 Å². The van der Waals surface area contributed by atoms with Crippen LogP contribution in [0.3, 0.4) is 0 Å². The molecule has 1 fully saturated rings. The zero-order valence-corrected chi connectivity index (χ0v) is 15.5. The van der Waals surface area contributed by atoms with Crippen LogP contribution in [0.25, 0.3) is 0 Å². The zero-order valence-electron chi connectivity index (χ0n) is 15.5. The van der Waals surface area contributed by atoms with Crippen molar-refractivity contribution < 1.29 is 4.79 Å². The molecule has 0 spiro atoms. The second-order valence-corrected chi connectivity index (χ2v) is 6.92. The van der Waals surface area contributed by atoms with Gasteiger partial charge in [-0.25, -0.2) is 9.97 Å². The van der Waals surface area contributed by atoms with Crippen LogP contribution in [0.5, 0.6) is 0 Å². The van der Waals surface area contributed by atoms with Gasteiger partial charge >= 0.3 is 0 Å². The van der Waals surface area contributed by atoms with Gasteiger partial charge in [0.25, 0.3) is 5.91 Å². The van der Waals surface area contributed by atoms with Gasteiger partial charge in [-0.3, -0.25) is 4.79 Å². The van der Waals surface area contributed by atoms with E-state index >= 15 is 0 Å². The summed E-state index contributed by atoms with van der Waals surface area (Å²) in [6.45, 7) is 3.20. The van der Waals surface area contributed by atoms with Crippen LogP contribution in [-0.2, 0) is 6.54 Å². The Morgan fingerprint density at radius 2 is 1.81 bits per heavy atom. The van der Waals surface area contributed by atoms with Gasteiger partial charge in [-0.1, -0.05) is 56.0 Å². The molecule has 1 saturated carbocycles. The molecule has 0 saturated heterocycles. The largest absolute Gasteiger partial charge is 0.366 e. The maximum Gasteiger partial charge on any atom is 0.274 e.